The smallest absolute Gasteiger partial charge is 0.167 e. The van der Waals surface area contributed by atoms with Crippen molar-refractivity contribution in [3.05, 3.63) is 29.1 Å². The molecule has 0 radical (unpaired) electrons. The lowest BCUT2D eigenvalue weighted by Gasteiger charge is -1.96. The van der Waals surface area contributed by atoms with Crippen LogP contribution in [0.4, 0.5) is 0 Å². The van der Waals surface area contributed by atoms with E-state index < -0.39 is 0 Å². The van der Waals surface area contributed by atoms with Gasteiger partial charge in [0.1, 0.15) is 20.1 Å². The van der Waals surface area contributed by atoms with Crippen molar-refractivity contribution in [1.82, 2.24) is 19.9 Å². The van der Waals surface area contributed by atoms with Crippen molar-refractivity contribution in [3.8, 4) is 0 Å². The van der Waals surface area contributed by atoms with Gasteiger partial charge < -0.3 is 0 Å². The van der Waals surface area contributed by atoms with Crippen molar-refractivity contribution < 1.29 is 0 Å². The Bertz CT molecular complexity index is 724. The van der Waals surface area contributed by atoms with Crippen molar-refractivity contribution in [1.29, 1.82) is 0 Å². The molecule has 2 aliphatic rings. The molecule has 0 N–H and O–H groups in total. The van der Waals surface area contributed by atoms with Crippen LogP contribution in [0.3, 0.4) is 0 Å². The van der Waals surface area contributed by atoms with Crippen LogP contribution in [0, 0.1) is 0 Å². The van der Waals surface area contributed by atoms with Gasteiger partial charge in [-0.15, -0.1) is 0 Å². The lowest BCUT2D eigenvalue weighted by molar-refractivity contribution is 0.931. The molecule has 4 nitrogen and oxygen atoms in total. The van der Waals surface area contributed by atoms with E-state index in [4.69, 9.17) is 46.4 Å². The predicted molar refractivity (Wildman–Crippen MR) is 94.6 cm³/mol. The largest absolute Gasteiger partial charge is 0.223 e. The molecule has 4 rings (SSSR count). The third kappa shape index (κ3) is 2.82. The highest BCUT2D eigenvalue weighted by molar-refractivity contribution is 8.30. The topological polar surface area (TPSA) is 51.6 Å². The van der Waals surface area contributed by atoms with Crippen molar-refractivity contribution >= 4 is 93.5 Å². The van der Waals surface area contributed by atoms with Crippen molar-refractivity contribution in [2.24, 2.45) is 0 Å². The average Bonchev–Trinajstić information content (AvgIpc) is 3.03. The molecule has 0 saturated heterocycles. The molecule has 0 spiro atoms. The Morgan fingerprint density at radius 1 is 0.455 bits per heavy atom. The van der Waals surface area contributed by atoms with Crippen LogP contribution >= 0.6 is 93.5 Å². The molecule has 2 aliphatic heterocycles. The predicted octanol–water partition coefficient (Wildman–Crippen LogP) is 6.10. The van der Waals surface area contributed by atoms with Gasteiger partial charge in [-0.2, -0.15) is 0 Å². The Hall–Kier alpha value is 0.460. The van der Waals surface area contributed by atoms with Crippen molar-refractivity contribution in [2.75, 3.05) is 0 Å². The van der Waals surface area contributed by atoms with Gasteiger partial charge in [0.15, 0.2) is 20.6 Å². The minimum absolute atomic E-state index is 0.205. The first-order valence-electron chi connectivity index (χ1n) is 5.43. The summed E-state index contributed by atoms with van der Waals surface area (Å²) >= 11 is 29.6. The van der Waals surface area contributed by atoms with Crippen molar-refractivity contribution in [2.45, 2.75) is 20.1 Å². The third-order valence-electron chi connectivity index (χ3n) is 2.43. The van der Waals surface area contributed by atoms with Crippen LogP contribution in [-0.2, 0) is 0 Å². The molecule has 0 atom stereocenters. The number of aromatic nitrogens is 4. The van der Waals surface area contributed by atoms with E-state index in [2.05, 4.69) is 19.9 Å². The van der Waals surface area contributed by atoms with E-state index in [1.54, 1.807) is 0 Å². The molecule has 0 amide bonds. The Balaban J connectivity index is 1.68. The van der Waals surface area contributed by atoms with Gasteiger partial charge in [-0.3, -0.25) is 0 Å². The lowest BCUT2D eigenvalue weighted by atomic mass is 10.7. The molecule has 0 unspecified atom stereocenters. The summed E-state index contributed by atoms with van der Waals surface area (Å²) in [5.41, 5.74) is 0. The zero-order valence-electron chi connectivity index (χ0n) is 9.93. The maximum absolute atomic E-state index is 5.90. The van der Waals surface area contributed by atoms with Crippen LogP contribution < -0.4 is 0 Å². The Morgan fingerprint density at radius 2 is 0.682 bits per heavy atom. The van der Waals surface area contributed by atoms with Crippen LogP contribution in [0.15, 0.2) is 28.6 Å². The van der Waals surface area contributed by atoms with Crippen LogP contribution in [-0.4, -0.2) is 19.9 Å². The monoisotopic (exact) mass is 444 g/mol. The fourth-order valence-corrected chi connectivity index (χ4v) is 7.16. The second kappa shape index (κ2) is 6.07. The lowest BCUT2D eigenvalue weighted by Crippen LogP contribution is -1.86. The summed E-state index contributed by atoms with van der Waals surface area (Å²) in [5, 5.41) is 3.81. The molecule has 0 bridgehead atoms. The molecule has 12 heteroatoms. The highest BCUT2D eigenvalue weighted by Crippen LogP contribution is 2.60. The number of thioether (sulfide) groups is 4. The first-order chi connectivity index (χ1) is 10.5. The standard InChI is InChI=1S/C10Cl4N4S4/c11-1-2(12)16-6-5(15-1)19-9(20-6)10-21-7-8(22-10)18-4(14)3(13)17-7. The molecular weight excluding hydrogens is 446 g/mol. The second-order valence-electron chi connectivity index (χ2n) is 3.81. The van der Waals surface area contributed by atoms with Gasteiger partial charge in [0.05, 0.1) is 8.47 Å². The maximum atomic E-state index is 5.90. The molecule has 0 saturated carbocycles. The highest BCUT2D eigenvalue weighted by Gasteiger charge is 2.31. The van der Waals surface area contributed by atoms with E-state index >= 15 is 0 Å². The van der Waals surface area contributed by atoms with Gasteiger partial charge in [0.25, 0.3) is 0 Å². The van der Waals surface area contributed by atoms with Crippen LogP contribution in [0.2, 0.25) is 20.6 Å². The molecular formula is C10Cl4N4S4. The van der Waals surface area contributed by atoms with Gasteiger partial charge in [-0.1, -0.05) is 93.5 Å². The molecule has 0 aliphatic carbocycles. The molecule has 4 heterocycles. The fourth-order valence-electron chi connectivity index (χ4n) is 1.56. The van der Waals surface area contributed by atoms with E-state index in [9.17, 15) is 0 Å². The van der Waals surface area contributed by atoms with Crippen molar-refractivity contribution in [3.63, 3.8) is 0 Å². The Kier molecular flexibility index (Phi) is 4.41. The van der Waals surface area contributed by atoms with Gasteiger partial charge in [-0.05, 0) is 0 Å². The number of rotatable bonds is 0. The molecule has 112 valence electrons. The maximum Gasteiger partial charge on any atom is 0.167 e. The van der Waals surface area contributed by atoms with Gasteiger partial charge >= 0.3 is 0 Å². The summed E-state index contributed by atoms with van der Waals surface area (Å²) in [4.78, 5) is 17.0. The molecule has 22 heavy (non-hydrogen) atoms. The number of halogens is 4. The molecule has 0 aromatic carbocycles. The summed E-state index contributed by atoms with van der Waals surface area (Å²) in [6.45, 7) is 0. The number of fused-ring (bicyclic) bond motifs is 2. The summed E-state index contributed by atoms with van der Waals surface area (Å²) in [7, 11) is 0. The zero-order chi connectivity index (χ0) is 15.4. The third-order valence-corrected chi connectivity index (χ3v) is 8.92. The number of hydrogen-bond acceptors (Lipinski definition) is 8. The first-order valence-corrected chi connectivity index (χ1v) is 10.2. The summed E-state index contributed by atoms with van der Waals surface area (Å²) in [6, 6.07) is 0. The highest BCUT2D eigenvalue weighted by atomic mass is 35.5. The minimum Gasteiger partial charge on any atom is -0.223 e. The quantitative estimate of drug-likeness (QED) is 0.481. The van der Waals surface area contributed by atoms with E-state index in [0.717, 1.165) is 28.6 Å². The minimum atomic E-state index is 0.205. The summed E-state index contributed by atoms with van der Waals surface area (Å²) in [6.07, 6.45) is 0. The normalized spacial score (nSPS) is 16.2. The SMILES string of the molecule is Clc1nc2c(nc1Cl)SC(=C1Sc3nc(Cl)c(Cl)nc3S1)S2. The van der Waals surface area contributed by atoms with Crippen LogP contribution in [0.5, 0.6) is 0 Å². The Labute approximate surface area is 161 Å². The molecule has 2 aromatic heterocycles. The summed E-state index contributed by atoms with van der Waals surface area (Å²) in [5.74, 6) is 0. The zero-order valence-corrected chi connectivity index (χ0v) is 16.2. The number of hydrogen-bond donors (Lipinski definition) is 0. The molecule has 2 aromatic rings. The first kappa shape index (κ1) is 16.0. The van der Waals surface area contributed by atoms with Gasteiger partial charge in [0, 0.05) is 0 Å². The molecule has 0 fully saturated rings. The van der Waals surface area contributed by atoms with E-state index in [1.165, 1.54) is 47.0 Å². The van der Waals surface area contributed by atoms with Gasteiger partial charge in [0.2, 0.25) is 0 Å². The van der Waals surface area contributed by atoms with Crippen LogP contribution in [0.25, 0.3) is 0 Å². The van der Waals surface area contributed by atoms with Gasteiger partial charge in [-0.25, -0.2) is 19.9 Å². The summed E-state index contributed by atoms with van der Waals surface area (Å²) < 4.78 is 2.07. The van der Waals surface area contributed by atoms with E-state index in [1.807, 2.05) is 0 Å². The van der Waals surface area contributed by atoms with E-state index in [0.29, 0.717) is 0 Å². The average molecular weight is 446 g/mol. The Morgan fingerprint density at radius 3 is 0.909 bits per heavy atom. The second-order valence-corrected chi connectivity index (χ2v) is 9.76. The fraction of sp³-hybridized carbons (Fsp3) is 0. The van der Waals surface area contributed by atoms with Crippen LogP contribution in [0.1, 0.15) is 0 Å². The number of nitrogens with zero attached hydrogens (tertiary/aromatic N) is 4. The van der Waals surface area contributed by atoms with E-state index in [-0.39, 0.29) is 20.6 Å².